The number of aromatic nitrogens is 1. The van der Waals surface area contributed by atoms with Crippen LogP contribution in [0.25, 0.3) is 0 Å². The molecule has 2 atom stereocenters. The van der Waals surface area contributed by atoms with Crippen molar-refractivity contribution in [1.82, 2.24) is 10.3 Å². The second-order valence-electron chi connectivity index (χ2n) is 5.58. The van der Waals surface area contributed by atoms with Crippen LogP contribution in [0.5, 0.6) is 0 Å². The number of carboxylic acid groups (broad SMARTS) is 1. The molecule has 1 aromatic heterocycles. The van der Waals surface area contributed by atoms with Gasteiger partial charge >= 0.3 is 6.09 Å². The maximum absolute atomic E-state index is 14.3. The predicted molar refractivity (Wildman–Crippen MR) is 80.8 cm³/mol. The Morgan fingerprint density at radius 1 is 1.21 bits per heavy atom. The topological polar surface area (TPSA) is 79.3 Å². The molecule has 3 rings (SSSR count). The van der Waals surface area contributed by atoms with Crippen molar-refractivity contribution in [3.8, 4) is 0 Å². The Labute approximate surface area is 136 Å². The van der Waals surface area contributed by atoms with E-state index in [1.165, 1.54) is 18.3 Å². The number of pyridine rings is 1. The van der Waals surface area contributed by atoms with E-state index in [0.29, 0.717) is 5.56 Å². The van der Waals surface area contributed by atoms with Crippen LogP contribution in [-0.2, 0) is 0 Å². The smallest absolute Gasteiger partial charge is 0.405 e. The lowest BCUT2D eigenvalue weighted by molar-refractivity contribution is 0.0975. The monoisotopic (exact) mass is 332 g/mol. The summed E-state index contributed by atoms with van der Waals surface area (Å²) in [5.74, 6) is -3.00. The van der Waals surface area contributed by atoms with Crippen molar-refractivity contribution in [2.75, 3.05) is 0 Å². The average Bonchev–Trinajstić information content (AvgIpc) is 2.69. The molecule has 1 heterocycles. The van der Waals surface area contributed by atoms with Gasteiger partial charge in [0.05, 0.1) is 6.04 Å². The third kappa shape index (κ3) is 2.84. The zero-order chi connectivity index (χ0) is 17.3. The van der Waals surface area contributed by atoms with Crippen molar-refractivity contribution in [2.24, 2.45) is 0 Å². The van der Waals surface area contributed by atoms with Crippen LogP contribution in [0.1, 0.15) is 46.4 Å². The van der Waals surface area contributed by atoms with Gasteiger partial charge < -0.3 is 10.4 Å². The lowest BCUT2D eigenvalue weighted by Crippen LogP contribution is -2.32. The molecular weight excluding hydrogens is 318 g/mol. The number of hydrogen-bond donors (Lipinski definition) is 2. The van der Waals surface area contributed by atoms with Crippen LogP contribution in [-0.4, -0.2) is 22.0 Å². The highest BCUT2D eigenvalue weighted by atomic mass is 19.2. The van der Waals surface area contributed by atoms with Gasteiger partial charge in [0.1, 0.15) is 5.69 Å². The molecule has 0 unspecified atom stereocenters. The predicted octanol–water partition coefficient (Wildman–Crippen LogP) is 3.43. The first-order chi connectivity index (χ1) is 11.5. The molecule has 0 bridgehead atoms. The molecule has 0 radical (unpaired) electrons. The number of halogens is 2. The van der Waals surface area contributed by atoms with Gasteiger partial charge in [0.25, 0.3) is 0 Å². The van der Waals surface area contributed by atoms with E-state index in [4.69, 9.17) is 5.11 Å². The standard InChI is InChI=1S/C17H14F2N2O3/c18-12-5-1-3-9(14(12)19)10-6-7-13(22)16-11(4-2-8-20-16)15(10)21-17(23)24/h1-5,8,10,15,21H,6-7H2,(H,23,24)/t10-,15+/m1/s1. The van der Waals surface area contributed by atoms with Gasteiger partial charge in [-0.1, -0.05) is 18.2 Å². The highest BCUT2D eigenvalue weighted by molar-refractivity contribution is 5.96. The SMILES string of the molecule is O=C(O)N[C@@H]1c2cccnc2C(=O)CC[C@@H]1c1cccc(F)c1F. The fourth-order valence-corrected chi connectivity index (χ4v) is 3.14. The number of benzene rings is 1. The molecule has 1 amide bonds. The summed E-state index contributed by atoms with van der Waals surface area (Å²) in [5.41, 5.74) is 0.574. The summed E-state index contributed by atoms with van der Waals surface area (Å²) in [6.45, 7) is 0. The van der Waals surface area contributed by atoms with Crippen LogP contribution in [0.3, 0.4) is 0 Å². The fourth-order valence-electron chi connectivity index (χ4n) is 3.14. The molecule has 0 saturated carbocycles. The molecule has 0 fully saturated rings. The van der Waals surface area contributed by atoms with Gasteiger partial charge in [-0.2, -0.15) is 0 Å². The quantitative estimate of drug-likeness (QED) is 0.826. The van der Waals surface area contributed by atoms with Crippen molar-refractivity contribution in [3.63, 3.8) is 0 Å². The maximum atomic E-state index is 14.3. The Morgan fingerprint density at radius 3 is 2.71 bits per heavy atom. The summed E-state index contributed by atoms with van der Waals surface area (Å²) >= 11 is 0. The van der Waals surface area contributed by atoms with Gasteiger partial charge in [-0.05, 0) is 24.1 Å². The third-order valence-corrected chi connectivity index (χ3v) is 4.18. The van der Waals surface area contributed by atoms with Gasteiger partial charge in [0, 0.05) is 24.1 Å². The van der Waals surface area contributed by atoms with Crippen LogP contribution in [0.15, 0.2) is 36.5 Å². The van der Waals surface area contributed by atoms with Gasteiger partial charge in [-0.3, -0.25) is 9.78 Å². The zero-order valence-corrected chi connectivity index (χ0v) is 12.5. The molecule has 124 valence electrons. The van der Waals surface area contributed by atoms with Crippen molar-refractivity contribution in [1.29, 1.82) is 0 Å². The summed E-state index contributed by atoms with van der Waals surface area (Å²) in [4.78, 5) is 27.5. The summed E-state index contributed by atoms with van der Waals surface area (Å²) in [5, 5.41) is 11.5. The Bertz CT molecular complexity index is 810. The molecule has 0 spiro atoms. The summed E-state index contributed by atoms with van der Waals surface area (Å²) in [7, 11) is 0. The first kappa shape index (κ1) is 16.0. The molecule has 5 nitrogen and oxygen atoms in total. The molecule has 1 aromatic carbocycles. The first-order valence-electron chi connectivity index (χ1n) is 7.40. The summed E-state index contributed by atoms with van der Waals surface area (Å²) in [6, 6.07) is 6.03. The second-order valence-corrected chi connectivity index (χ2v) is 5.58. The van der Waals surface area contributed by atoms with E-state index in [9.17, 15) is 18.4 Å². The minimum atomic E-state index is -1.31. The second kappa shape index (κ2) is 6.35. The van der Waals surface area contributed by atoms with Crippen molar-refractivity contribution >= 4 is 11.9 Å². The van der Waals surface area contributed by atoms with Crippen LogP contribution < -0.4 is 5.32 Å². The Balaban J connectivity index is 2.16. The Hall–Kier alpha value is -2.83. The molecule has 2 N–H and O–H groups in total. The van der Waals surface area contributed by atoms with E-state index in [-0.39, 0.29) is 29.9 Å². The van der Waals surface area contributed by atoms with Crippen LogP contribution in [0.2, 0.25) is 0 Å². The van der Waals surface area contributed by atoms with Gasteiger partial charge in [-0.25, -0.2) is 13.6 Å². The van der Waals surface area contributed by atoms with Crippen LogP contribution >= 0.6 is 0 Å². The fraction of sp³-hybridized carbons (Fsp3) is 0.235. The molecular formula is C17H14F2N2O3. The van der Waals surface area contributed by atoms with Crippen LogP contribution in [0.4, 0.5) is 13.6 Å². The lowest BCUT2D eigenvalue weighted by Gasteiger charge is -2.26. The maximum Gasteiger partial charge on any atom is 0.405 e. The van der Waals surface area contributed by atoms with E-state index in [1.54, 1.807) is 12.1 Å². The molecule has 1 aliphatic rings. The molecule has 24 heavy (non-hydrogen) atoms. The number of Topliss-reactive ketones (excluding diaryl/α,β-unsaturated/α-hetero) is 1. The van der Waals surface area contributed by atoms with E-state index < -0.39 is 29.7 Å². The van der Waals surface area contributed by atoms with E-state index in [0.717, 1.165) is 6.07 Å². The van der Waals surface area contributed by atoms with E-state index >= 15 is 0 Å². The minimum Gasteiger partial charge on any atom is -0.465 e. The Kier molecular flexibility index (Phi) is 4.24. The van der Waals surface area contributed by atoms with Gasteiger partial charge in [-0.15, -0.1) is 0 Å². The van der Waals surface area contributed by atoms with Gasteiger partial charge in [0.2, 0.25) is 0 Å². The molecule has 0 saturated heterocycles. The highest BCUT2D eigenvalue weighted by Gasteiger charge is 2.35. The summed E-state index contributed by atoms with van der Waals surface area (Å²) in [6.07, 6.45) is 0.381. The lowest BCUT2D eigenvalue weighted by atomic mass is 9.85. The van der Waals surface area contributed by atoms with E-state index in [1.807, 2.05) is 0 Å². The first-order valence-corrected chi connectivity index (χ1v) is 7.40. The normalized spacial score (nSPS) is 20.2. The Morgan fingerprint density at radius 2 is 1.96 bits per heavy atom. The van der Waals surface area contributed by atoms with Crippen LogP contribution in [0, 0.1) is 11.6 Å². The number of carbonyl (C=O) groups excluding carboxylic acids is 1. The number of hydrogen-bond acceptors (Lipinski definition) is 3. The van der Waals surface area contributed by atoms with E-state index in [2.05, 4.69) is 10.3 Å². The summed E-state index contributed by atoms with van der Waals surface area (Å²) < 4.78 is 27.9. The van der Waals surface area contributed by atoms with Gasteiger partial charge in [0.15, 0.2) is 17.4 Å². The minimum absolute atomic E-state index is 0.0400. The number of fused-ring (bicyclic) bond motifs is 1. The number of amides is 1. The number of carbonyl (C=O) groups is 2. The number of nitrogens with one attached hydrogen (secondary N) is 1. The van der Waals surface area contributed by atoms with Crippen molar-refractivity contribution in [3.05, 3.63) is 65.0 Å². The molecule has 0 aliphatic heterocycles. The zero-order valence-electron chi connectivity index (χ0n) is 12.5. The van der Waals surface area contributed by atoms with Crippen molar-refractivity contribution in [2.45, 2.75) is 24.8 Å². The number of ketones is 1. The largest absolute Gasteiger partial charge is 0.465 e. The highest BCUT2D eigenvalue weighted by Crippen LogP contribution is 2.40. The molecule has 2 aromatic rings. The van der Waals surface area contributed by atoms with Crippen molar-refractivity contribution < 1.29 is 23.5 Å². The molecule has 1 aliphatic carbocycles. The average molecular weight is 332 g/mol. The molecule has 7 heteroatoms. The third-order valence-electron chi connectivity index (χ3n) is 4.18. The number of nitrogens with zero attached hydrogens (tertiary/aromatic N) is 1. The number of rotatable bonds is 2.